The third-order valence-electron chi connectivity index (χ3n) is 4.18. The van der Waals surface area contributed by atoms with Gasteiger partial charge in [0.1, 0.15) is 5.82 Å². The summed E-state index contributed by atoms with van der Waals surface area (Å²) in [5, 5.41) is 15.9. The van der Waals surface area contributed by atoms with Gasteiger partial charge in [-0.05, 0) is 49.6 Å². The predicted octanol–water partition coefficient (Wildman–Crippen LogP) is 3.73. The van der Waals surface area contributed by atoms with Crippen LogP contribution in [0.1, 0.15) is 24.7 Å². The number of guanidine groups is 1. The lowest BCUT2D eigenvalue weighted by Gasteiger charge is -2.11. The van der Waals surface area contributed by atoms with Crippen molar-refractivity contribution in [1.29, 1.82) is 0 Å². The van der Waals surface area contributed by atoms with Crippen LogP contribution in [0.5, 0.6) is 0 Å². The number of nitrogens with one attached hydrogen (secondary N) is 2. The second-order valence-electron chi connectivity index (χ2n) is 6.21. The molecule has 2 aromatic heterocycles. The van der Waals surface area contributed by atoms with Crippen molar-refractivity contribution in [3.63, 3.8) is 0 Å². The summed E-state index contributed by atoms with van der Waals surface area (Å²) in [6, 6.07) is 13.9. The van der Waals surface area contributed by atoms with Crippen LogP contribution in [-0.2, 0) is 12.8 Å². The molecule has 2 N–H and O–H groups in total. The molecule has 1 aromatic carbocycles. The molecule has 0 aliphatic heterocycles. The van der Waals surface area contributed by atoms with Crippen molar-refractivity contribution in [2.75, 3.05) is 19.6 Å². The van der Waals surface area contributed by atoms with Gasteiger partial charge in [0.05, 0.1) is 0 Å². The number of hydrogen-bond donors (Lipinski definition) is 2. The van der Waals surface area contributed by atoms with E-state index in [-0.39, 0.29) is 24.0 Å². The van der Waals surface area contributed by atoms with Crippen molar-refractivity contribution in [3.8, 4) is 0 Å². The first-order valence-corrected chi connectivity index (χ1v) is 9.69. The first kappa shape index (κ1) is 22.4. The van der Waals surface area contributed by atoms with Crippen LogP contribution in [0.4, 0.5) is 0 Å². The van der Waals surface area contributed by atoms with Crippen molar-refractivity contribution >= 4 is 47.2 Å². The predicted molar refractivity (Wildman–Crippen MR) is 126 cm³/mol. The molecule has 0 atom stereocenters. The number of halogens is 2. The van der Waals surface area contributed by atoms with E-state index in [1.165, 1.54) is 5.56 Å². The summed E-state index contributed by atoms with van der Waals surface area (Å²) in [4.78, 5) is 4.65. The van der Waals surface area contributed by atoms with Gasteiger partial charge in [0.15, 0.2) is 11.6 Å². The van der Waals surface area contributed by atoms with E-state index in [4.69, 9.17) is 11.6 Å². The zero-order chi connectivity index (χ0) is 18.9. The number of aliphatic imine (C=N–C) groups is 1. The molecule has 3 aromatic rings. The van der Waals surface area contributed by atoms with E-state index in [0.717, 1.165) is 61.4 Å². The SMILES string of the molecule is CCNC(=NCCCc1nnc2ccccn12)NCCc1ccc(Cl)cc1.I. The molecule has 28 heavy (non-hydrogen) atoms. The molecule has 6 nitrogen and oxygen atoms in total. The minimum absolute atomic E-state index is 0. The average molecular weight is 513 g/mol. The minimum atomic E-state index is 0. The van der Waals surface area contributed by atoms with Gasteiger partial charge in [-0.25, -0.2) is 0 Å². The summed E-state index contributed by atoms with van der Waals surface area (Å²) in [7, 11) is 0. The van der Waals surface area contributed by atoms with E-state index < -0.39 is 0 Å². The molecule has 3 rings (SSSR count). The van der Waals surface area contributed by atoms with Crippen LogP contribution < -0.4 is 10.6 Å². The summed E-state index contributed by atoms with van der Waals surface area (Å²) in [5.74, 6) is 1.82. The van der Waals surface area contributed by atoms with Gasteiger partial charge in [-0.2, -0.15) is 0 Å². The fourth-order valence-electron chi connectivity index (χ4n) is 2.81. The van der Waals surface area contributed by atoms with Crippen molar-refractivity contribution in [1.82, 2.24) is 25.2 Å². The highest BCUT2D eigenvalue weighted by atomic mass is 127. The third kappa shape index (κ3) is 6.63. The number of pyridine rings is 1. The Balaban J connectivity index is 0.00000280. The Kier molecular flexibility index (Phi) is 9.49. The highest BCUT2D eigenvalue weighted by Gasteiger charge is 2.04. The van der Waals surface area contributed by atoms with Crippen molar-refractivity contribution < 1.29 is 0 Å². The Labute approximate surface area is 187 Å². The first-order valence-electron chi connectivity index (χ1n) is 9.31. The monoisotopic (exact) mass is 512 g/mol. The largest absolute Gasteiger partial charge is 0.357 e. The van der Waals surface area contributed by atoms with Gasteiger partial charge in [-0.3, -0.25) is 9.39 Å². The van der Waals surface area contributed by atoms with Gasteiger partial charge in [-0.15, -0.1) is 34.2 Å². The van der Waals surface area contributed by atoms with Gasteiger partial charge >= 0.3 is 0 Å². The molecule has 0 aliphatic carbocycles. The van der Waals surface area contributed by atoms with E-state index in [9.17, 15) is 0 Å². The number of nitrogens with zero attached hydrogens (tertiary/aromatic N) is 4. The molecule has 0 saturated heterocycles. The molecule has 0 amide bonds. The van der Waals surface area contributed by atoms with E-state index in [1.54, 1.807) is 0 Å². The van der Waals surface area contributed by atoms with Crippen LogP contribution in [0.15, 0.2) is 53.7 Å². The zero-order valence-corrected chi connectivity index (χ0v) is 19.0. The number of aromatic nitrogens is 3. The van der Waals surface area contributed by atoms with Gasteiger partial charge < -0.3 is 10.6 Å². The Morgan fingerprint density at radius 2 is 1.89 bits per heavy atom. The summed E-state index contributed by atoms with van der Waals surface area (Å²) >= 11 is 5.92. The second kappa shape index (κ2) is 11.9. The third-order valence-corrected chi connectivity index (χ3v) is 4.43. The molecule has 2 heterocycles. The highest BCUT2D eigenvalue weighted by molar-refractivity contribution is 14.0. The Morgan fingerprint density at radius 3 is 2.68 bits per heavy atom. The Hall–Kier alpha value is -1.87. The summed E-state index contributed by atoms with van der Waals surface area (Å²) in [6.45, 7) is 4.46. The number of aryl methyl sites for hydroxylation is 1. The van der Waals surface area contributed by atoms with Crippen LogP contribution in [0.2, 0.25) is 5.02 Å². The van der Waals surface area contributed by atoms with Crippen molar-refractivity contribution in [2.45, 2.75) is 26.2 Å². The van der Waals surface area contributed by atoms with Gasteiger partial charge in [0.25, 0.3) is 0 Å². The van der Waals surface area contributed by atoms with Crippen molar-refractivity contribution in [2.24, 2.45) is 4.99 Å². The quantitative estimate of drug-likeness (QED) is 0.209. The molecule has 150 valence electrons. The maximum Gasteiger partial charge on any atom is 0.191 e. The fraction of sp³-hybridized carbons (Fsp3) is 0.350. The summed E-state index contributed by atoms with van der Waals surface area (Å²) in [6.07, 6.45) is 4.69. The van der Waals surface area contributed by atoms with Crippen LogP contribution >= 0.6 is 35.6 Å². The smallest absolute Gasteiger partial charge is 0.191 e. The normalized spacial score (nSPS) is 11.3. The van der Waals surface area contributed by atoms with Crippen LogP contribution in [0, 0.1) is 0 Å². The van der Waals surface area contributed by atoms with E-state index in [0.29, 0.717) is 0 Å². The summed E-state index contributed by atoms with van der Waals surface area (Å²) < 4.78 is 2.03. The van der Waals surface area contributed by atoms with Crippen LogP contribution in [0.25, 0.3) is 5.65 Å². The lowest BCUT2D eigenvalue weighted by molar-refractivity contribution is 0.750. The molecule has 0 bridgehead atoms. The number of rotatable bonds is 8. The molecule has 0 saturated carbocycles. The zero-order valence-electron chi connectivity index (χ0n) is 15.9. The Morgan fingerprint density at radius 1 is 1.07 bits per heavy atom. The van der Waals surface area contributed by atoms with Crippen LogP contribution in [-0.4, -0.2) is 40.2 Å². The standard InChI is InChI=1S/C20H25ClN6.HI/c1-2-22-20(24-14-12-16-8-10-17(21)11-9-16)23-13-5-7-19-26-25-18-6-3-4-15-27(18)19;/h3-4,6,8-11,15H,2,5,7,12-14H2,1H3,(H2,22,23,24);1H. The molecule has 0 aliphatic rings. The molecular weight excluding hydrogens is 487 g/mol. The van der Waals surface area contributed by atoms with E-state index >= 15 is 0 Å². The second-order valence-corrected chi connectivity index (χ2v) is 6.65. The highest BCUT2D eigenvalue weighted by Crippen LogP contribution is 2.09. The van der Waals surface area contributed by atoms with E-state index in [1.807, 2.05) is 40.9 Å². The van der Waals surface area contributed by atoms with Crippen LogP contribution in [0.3, 0.4) is 0 Å². The van der Waals surface area contributed by atoms with Crippen molar-refractivity contribution in [3.05, 3.63) is 65.1 Å². The van der Waals surface area contributed by atoms with Gasteiger partial charge in [-0.1, -0.05) is 29.8 Å². The molecule has 8 heteroatoms. The molecule has 0 unspecified atom stereocenters. The minimum Gasteiger partial charge on any atom is -0.357 e. The molecule has 0 radical (unpaired) electrons. The maximum absolute atomic E-state index is 5.92. The maximum atomic E-state index is 5.92. The van der Waals surface area contributed by atoms with E-state index in [2.05, 4.69) is 44.9 Å². The Bertz CT molecular complexity index is 878. The summed E-state index contributed by atoms with van der Waals surface area (Å²) in [5.41, 5.74) is 2.13. The average Bonchev–Trinajstić information content (AvgIpc) is 3.10. The molecular formula is C20H26ClIN6. The number of benzene rings is 1. The van der Waals surface area contributed by atoms with Gasteiger partial charge in [0.2, 0.25) is 0 Å². The first-order chi connectivity index (χ1) is 13.3. The topological polar surface area (TPSA) is 66.6 Å². The van der Waals surface area contributed by atoms with Gasteiger partial charge in [0, 0.05) is 37.3 Å². The lowest BCUT2D eigenvalue weighted by Crippen LogP contribution is -2.38. The lowest BCUT2D eigenvalue weighted by atomic mass is 10.1. The number of hydrogen-bond acceptors (Lipinski definition) is 3. The number of fused-ring (bicyclic) bond motifs is 1. The molecule has 0 fully saturated rings. The molecule has 0 spiro atoms. The fourth-order valence-corrected chi connectivity index (χ4v) is 2.93.